The second kappa shape index (κ2) is 10.4. The zero-order valence-electron chi connectivity index (χ0n) is 17.2. The molecule has 0 aromatic heterocycles. The van der Waals surface area contributed by atoms with Crippen LogP contribution in [0.5, 0.6) is 11.5 Å². The molecule has 32 heavy (non-hydrogen) atoms. The van der Waals surface area contributed by atoms with Crippen LogP contribution in [0.2, 0.25) is 5.02 Å². The first kappa shape index (κ1) is 22.8. The van der Waals surface area contributed by atoms with Gasteiger partial charge in [-0.1, -0.05) is 72.3 Å². The third-order valence-corrected chi connectivity index (χ3v) is 4.91. The molecular formula is C24H20ClN3O4. The van der Waals surface area contributed by atoms with Crippen molar-refractivity contribution in [2.45, 2.75) is 5.60 Å². The van der Waals surface area contributed by atoms with E-state index in [1.165, 1.54) is 13.3 Å². The smallest absolute Gasteiger partial charge is 0.281 e. The molecule has 0 spiro atoms. The van der Waals surface area contributed by atoms with Gasteiger partial charge in [0.05, 0.1) is 18.3 Å². The van der Waals surface area contributed by atoms with Crippen LogP contribution in [-0.4, -0.2) is 30.9 Å². The van der Waals surface area contributed by atoms with Crippen molar-refractivity contribution < 1.29 is 19.4 Å². The monoisotopic (exact) mass is 449 g/mol. The quantitative estimate of drug-likeness (QED) is 0.403. The number of nitrogens with one attached hydrogen (secondary N) is 1. The Morgan fingerprint density at radius 1 is 1.16 bits per heavy atom. The minimum absolute atomic E-state index is 0.183. The van der Waals surface area contributed by atoms with Gasteiger partial charge in [0.2, 0.25) is 0 Å². The molecule has 0 aliphatic rings. The van der Waals surface area contributed by atoms with E-state index < -0.39 is 11.5 Å². The number of nitriles is 1. The Balaban J connectivity index is 1.86. The number of hydrogen-bond acceptors (Lipinski definition) is 6. The van der Waals surface area contributed by atoms with Gasteiger partial charge in [-0.15, -0.1) is 0 Å². The van der Waals surface area contributed by atoms with E-state index in [-0.39, 0.29) is 17.4 Å². The molecule has 0 radical (unpaired) electrons. The largest absolute Gasteiger partial charge is 0.493 e. The average Bonchev–Trinajstić information content (AvgIpc) is 2.83. The summed E-state index contributed by atoms with van der Waals surface area (Å²) in [6, 6.07) is 22.2. The highest BCUT2D eigenvalue weighted by Gasteiger charge is 2.39. The lowest BCUT2D eigenvalue weighted by molar-refractivity contribution is -0.136. The minimum Gasteiger partial charge on any atom is -0.493 e. The summed E-state index contributed by atoms with van der Waals surface area (Å²) in [4.78, 5) is 13.0. The predicted octanol–water partition coefficient (Wildman–Crippen LogP) is 3.64. The molecule has 7 nitrogen and oxygen atoms in total. The van der Waals surface area contributed by atoms with E-state index in [1.54, 1.807) is 72.8 Å². The number of benzene rings is 3. The second-order valence-corrected chi connectivity index (χ2v) is 7.03. The molecule has 3 rings (SSSR count). The summed E-state index contributed by atoms with van der Waals surface area (Å²) >= 11 is 6.22. The molecule has 1 amide bonds. The van der Waals surface area contributed by atoms with Gasteiger partial charge in [0, 0.05) is 0 Å². The lowest BCUT2D eigenvalue weighted by atomic mass is 9.85. The number of ether oxygens (including phenoxy) is 2. The van der Waals surface area contributed by atoms with Crippen molar-refractivity contribution >= 4 is 23.7 Å². The summed E-state index contributed by atoms with van der Waals surface area (Å²) in [6.45, 7) is -0.183. The Labute approximate surface area is 190 Å². The Morgan fingerprint density at radius 2 is 1.75 bits per heavy atom. The first-order valence-corrected chi connectivity index (χ1v) is 9.92. The molecule has 3 aromatic carbocycles. The van der Waals surface area contributed by atoms with Gasteiger partial charge < -0.3 is 14.6 Å². The van der Waals surface area contributed by atoms with E-state index in [0.29, 0.717) is 22.4 Å². The van der Waals surface area contributed by atoms with Gasteiger partial charge in [0.1, 0.15) is 6.07 Å². The average molecular weight is 450 g/mol. The van der Waals surface area contributed by atoms with Gasteiger partial charge in [0.25, 0.3) is 5.91 Å². The van der Waals surface area contributed by atoms with Crippen LogP contribution in [0.4, 0.5) is 0 Å². The van der Waals surface area contributed by atoms with E-state index in [2.05, 4.69) is 10.5 Å². The number of hydrogen-bond donors (Lipinski definition) is 2. The number of carbonyl (C=O) groups is 1. The number of aliphatic hydroxyl groups is 1. The summed E-state index contributed by atoms with van der Waals surface area (Å²) in [6.07, 6.45) is 1.36. The highest BCUT2D eigenvalue weighted by atomic mass is 35.5. The molecule has 3 aromatic rings. The molecule has 0 bridgehead atoms. The third-order valence-electron chi connectivity index (χ3n) is 4.62. The van der Waals surface area contributed by atoms with Crippen LogP contribution in [-0.2, 0) is 10.4 Å². The number of halogens is 1. The summed E-state index contributed by atoms with van der Waals surface area (Å²) in [5.41, 5.74) is 1.78. The molecule has 0 aliphatic carbocycles. The van der Waals surface area contributed by atoms with Crippen LogP contribution >= 0.6 is 11.6 Å². The highest BCUT2D eigenvalue weighted by Crippen LogP contribution is 2.36. The van der Waals surface area contributed by atoms with Crippen LogP contribution in [0, 0.1) is 11.3 Å². The number of nitrogens with zero attached hydrogens (tertiary/aromatic N) is 2. The van der Waals surface area contributed by atoms with Crippen molar-refractivity contribution in [3.63, 3.8) is 0 Å². The Bertz CT molecular complexity index is 1110. The van der Waals surface area contributed by atoms with Gasteiger partial charge in [-0.2, -0.15) is 10.4 Å². The SMILES string of the molecule is COc1cc(/C=N\NC(=O)C(O)(c2ccccc2)c2ccccc2)cc(Cl)c1OCC#N. The zero-order chi connectivity index (χ0) is 23.0. The van der Waals surface area contributed by atoms with Crippen molar-refractivity contribution in [2.75, 3.05) is 13.7 Å². The number of rotatable bonds is 8. The first-order chi connectivity index (χ1) is 15.5. The number of hydrazone groups is 1. The number of carbonyl (C=O) groups excluding carboxylic acids is 1. The van der Waals surface area contributed by atoms with Gasteiger partial charge in [-0.05, 0) is 28.8 Å². The van der Waals surface area contributed by atoms with Gasteiger partial charge in [0.15, 0.2) is 23.7 Å². The fraction of sp³-hybridized carbons (Fsp3) is 0.125. The molecular weight excluding hydrogens is 430 g/mol. The molecule has 0 aliphatic heterocycles. The van der Waals surface area contributed by atoms with Gasteiger partial charge in [-0.3, -0.25) is 4.79 Å². The Kier molecular flexibility index (Phi) is 7.45. The summed E-state index contributed by atoms with van der Waals surface area (Å²) in [7, 11) is 1.44. The van der Waals surface area contributed by atoms with Crippen molar-refractivity contribution in [2.24, 2.45) is 5.10 Å². The molecule has 0 unspecified atom stereocenters. The van der Waals surface area contributed by atoms with Crippen LogP contribution in [0.1, 0.15) is 16.7 Å². The van der Waals surface area contributed by atoms with E-state index in [1.807, 2.05) is 6.07 Å². The highest BCUT2D eigenvalue weighted by molar-refractivity contribution is 6.32. The van der Waals surface area contributed by atoms with E-state index in [4.69, 9.17) is 26.3 Å². The fourth-order valence-corrected chi connectivity index (χ4v) is 3.37. The predicted molar refractivity (Wildman–Crippen MR) is 121 cm³/mol. The summed E-state index contributed by atoms with van der Waals surface area (Å²) in [5.74, 6) is -0.178. The fourth-order valence-electron chi connectivity index (χ4n) is 3.09. The Hall–Kier alpha value is -3.86. The number of amides is 1. The van der Waals surface area contributed by atoms with Crippen molar-refractivity contribution in [1.82, 2.24) is 5.43 Å². The maximum Gasteiger partial charge on any atom is 0.281 e. The Morgan fingerprint density at radius 3 is 2.28 bits per heavy atom. The van der Waals surface area contributed by atoms with Crippen LogP contribution < -0.4 is 14.9 Å². The molecule has 0 saturated carbocycles. The van der Waals surface area contributed by atoms with Crippen molar-refractivity contribution in [1.29, 1.82) is 5.26 Å². The topological polar surface area (TPSA) is 104 Å². The van der Waals surface area contributed by atoms with E-state index in [9.17, 15) is 9.90 Å². The van der Waals surface area contributed by atoms with Crippen LogP contribution in [0.25, 0.3) is 0 Å². The van der Waals surface area contributed by atoms with E-state index >= 15 is 0 Å². The lowest BCUT2D eigenvalue weighted by Gasteiger charge is -2.27. The molecule has 0 saturated heterocycles. The molecule has 0 atom stereocenters. The molecule has 0 heterocycles. The van der Waals surface area contributed by atoms with Crippen molar-refractivity contribution in [3.8, 4) is 17.6 Å². The standard InChI is InChI=1S/C24H20ClN3O4/c1-31-21-15-17(14-20(25)22(21)32-13-12-26)16-27-28-23(29)24(30,18-8-4-2-5-9-18)19-10-6-3-7-11-19/h2-11,14-16,30H,13H2,1H3,(H,28,29)/b27-16-. The molecule has 0 fully saturated rings. The maximum atomic E-state index is 13.0. The maximum absolute atomic E-state index is 13.0. The first-order valence-electron chi connectivity index (χ1n) is 9.55. The molecule has 8 heteroatoms. The van der Waals surface area contributed by atoms with Crippen molar-refractivity contribution in [3.05, 3.63) is 94.5 Å². The minimum atomic E-state index is -1.94. The van der Waals surface area contributed by atoms with Crippen LogP contribution in [0.3, 0.4) is 0 Å². The third kappa shape index (κ3) is 4.89. The summed E-state index contributed by atoms with van der Waals surface area (Å²) in [5, 5.41) is 24.3. The van der Waals surface area contributed by atoms with Gasteiger partial charge >= 0.3 is 0 Å². The number of methoxy groups -OCH3 is 1. The van der Waals surface area contributed by atoms with E-state index in [0.717, 1.165) is 0 Å². The molecule has 2 N–H and O–H groups in total. The normalized spacial score (nSPS) is 11.1. The zero-order valence-corrected chi connectivity index (χ0v) is 17.9. The van der Waals surface area contributed by atoms with Crippen LogP contribution in [0.15, 0.2) is 77.9 Å². The second-order valence-electron chi connectivity index (χ2n) is 6.62. The lowest BCUT2D eigenvalue weighted by Crippen LogP contribution is -2.43. The summed E-state index contributed by atoms with van der Waals surface area (Å²) < 4.78 is 10.5. The van der Waals surface area contributed by atoms with Gasteiger partial charge in [-0.25, -0.2) is 5.43 Å². The molecule has 162 valence electrons.